The maximum absolute atomic E-state index is 11.2. The van der Waals surface area contributed by atoms with Crippen molar-refractivity contribution in [1.29, 1.82) is 0 Å². The second-order valence-corrected chi connectivity index (χ2v) is 4.04. The molecule has 0 aliphatic carbocycles. The number of rotatable bonds is 8. The minimum atomic E-state index is 0.0755. The fraction of sp³-hybridized carbons (Fsp3) is 0.500. The van der Waals surface area contributed by atoms with E-state index in [2.05, 4.69) is 29.6 Å². The van der Waals surface area contributed by atoms with Crippen molar-refractivity contribution in [3.05, 3.63) is 35.9 Å². The quantitative estimate of drug-likeness (QED) is 0.701. The fourth-order valence-corrected chi connectivity index (χ4v) is 1.61. The lowest BCUT2D eigenvalue weighted by molar-refractivity contribution is -0.121. The van der Waals surface area contributed by atoms with Crippen LogP contribution in [-0.4, -0.2) is 26.2 Å². The Hall–Kier alpha value is -1.35. The Labute approximate surface area is 103 Å². The van der Waals surface area contributed by atoms with Gasteiger partial charge in [0.2, 0.25) is 5.91 Å². The van der Waals surface area contributed by atoms with Gasteiger partial charge in [0, 0.05) is 20.1 Å². The topological polar surface area (TPSA) is 38.3 Å². The Balaban J connectivity index is 1.99. The highest BCUT2D eigenvalue weighted by molar-refractivity contribution is 5.75. The number of nitrogens with one attached hydrogen (secondary N) is 1. The summed E-state index contributed by atoms with van der Waals surface area (Å²) in [6.45, 7) is 1.26. The molecule has 0 aromatic heterocycles. The van der Waals surface area contributed by atoms with Gasteiger partial charge in [0.15, 0.2) is 0 Å². The van der Waals surface area contributed by atoms with E-state index < -0.39 is 0 Å². The molecule has 0 radical (unpaired) electrons. The summed E-state index contributed by atoms with van der Waals surface area (Å²) in [5.41, 5.74) is 1.36. The first kappa shape index (κ1) is 13.7. The highest BCUT2D eigenvalue weighted by Gasteiger charge is 1.99. The molecule has 94 valence electrons. The van der Waals surface area contributed by atoms with Gasteiger partial charge in [0.25, 0.3) is 0 Å². The first-order chi connectivity index (χ1) is 8.33. The van der Waals surface area contributed by atoms with Gasteiger partial charge >= 0.3 is 0 Å². The average Bonchev–Trinajstić information content (AvgIpc) is 2.37. The highest BCUT2D eigenvalue weighted by Crippen LogP contribution is 2.03. The van der Waals surface area contributed by atoms with Gasteiger partial charge in [-0.15, -0.1) is 0 Å². The van der Waals surface area contributed by atoms with Gasteiger partial charge in [0.1, 0.15) is 0 Å². The van der Waals surface area contributed by atoms with E-state index >= 15 is 0 Å². The van der Waals surface area contributed by atoms with Crippen LogP contribution in [0.4, 0.5) is 0 Å². The molecular weight excluding hydrogens is 214 g/mol. The third-order valence-corrected chi connectivity index (χ3v) is 2.59. The molecule has 0 spiro atoms. The number of hydrogen-bond acceptors (Lipinski definition) is 2. The second-order valence-electron chi connectivity index (χ2n) is 4.04. The molecule has 0 aliphatic heterocycles. The molecule has 1 N–H and O–H groups in total. The van der Waals surface area contributed by atoms with Gasteiger partial charge < -0.3 is 10.1 Å². The monoisotopic (exact) mass is 235 g/mol. The van der Waals surface area contributed by atoms with Gasteiger partial charge in [-0.2, -0.15) is 0 Å². The number of carbonyl (C=O) groups is 1. The Morgan fingerprint density at radius 3 is 2.71 bits per heavy atom. The minimum Gasteiger partial charge on any atom is -0.384 e. The molecule has 0 aliphatic rings. The van der Waals surface area contributed by atoms with Crippen molar-refractivity contribution in [2.75, 3.05) is 20.3 Å². The van der Waals surface area contributed by atoms with Crippen LogP contribution in [0.1, 0.15) is 24.8 Å². The van der Waals surface area contributed by atoms with Crippen LogP contribution >= 0.6 is 0 Å². The van der Waals surface area contributed by atoms with Crippen LogP contribution in [0.25, 0.3) is 0 Å². The SMILES string of the molecule is COCCC(=O)NCCCCc1ccccc1. The summed E-state index contributed by atoms with van der Waals surface area (Å²) in [6.07, 6.45) is 3.66. The second kappa shape index (κ2) is 8.76. The smallest absolute Gasteiger partial charge is 0.222 e. The van der Waals surface area contributed by atoms with Crippen LogP contribution in [-0.2, 0) is 16.0 Å². The first-order valence-electron chi connectivity index (χ1n) is 6.12. The molecular formula is C14H21NO2. The van der Waals surface area contributed by atoms with E-state index in [-0.39, 0.29) is 5.91 Å². The molecule has 0 saturated carbocycles. The summed E-state index contributed by atoms with van der Waals surface area (Å²) < 4.78 is 4.84. The molecule has 1 aromatic rings. The van der Waals surface area contributed by atoms with Crippen molar-refractivity contribution in [1.82, 2.24) is 5.32 Å². The summed E-state index contributed by atoms with van der Waals surface area (Å²) in [7, 11) is 1.60. The maximum atomic E-state index is 11.2. The van der Waals surface area contributed by atoms with Crippen molar-refractivity contribution < 1.29 is 9.53 Å². The van der Waals surface area contributed by atoms with Crippen molar-refractivity contribution >= 4 is 5.91 Å². The normalized spacial score (nSPS) is 10.2. The molecule has 0 atom stereocenters. The summed E-state index contributed by atoms with van der Waals surface area (Å²) in [4.78, 5) is 11.2. The molecule has 1 aromatic carbocycles. The summed E-state index contributed by atoms with van der Waals surface area (Å²) in [6, 6.07) is 10.4. The Kier molecular flexibility index (Phi) is 7.07. The largest absolute Gasteiger partial charge is 0.384 e. The maximum Gasteiger partial charge on any atom is 0.222 e. The van der Waals surface area contributed by atoms with Gasteiger partial charge in [-0.3, -0.25) is 4.79 Å². The van der Waals surface area contributed by atoms with Crippen molar-refractivity contribution in [2.45, 2.75) is 25.7 Å². The number of ether oxygens (including phenoxy) is 1. The molecule has 3 heteroatoms. The summed E-state index contributed by atoms with van der Waals surface area (Å²) in [5.74, 6) is 0.0755. The Morgan fingerprint density at radius 1 is 1.24 bits per heavy atom. The molecule has 3 nitrogen and oxygen atoms in total. The number of amides is 1. The number of aryl methyl sites for hydroxylation is 1. The third kappa shape index (κ3) is 6.74. The first-order valence-corrected chi connectivity index (χ1v) is 6.12. The minimum absolute atomic E-state index is 0.0755. The van der Waals surface area contributed by atoms with E-state index in [1.165, 1.54) is 5.56 Å². The predicted octanol–water partition coefficient (Wildman–Crippen LogP) is 2.16. The van der Waals surface area contributed by atoms with Crippen LogP contribution in [0.3, 0.4) is 0 Å². The van der Waals surface area contributed by atoms with E-state index in [1.807, 2.05) is 6.07 Å². The Morgan fingerprint density at radius 2 is 2.00 bits per heavy atom. The van der Waals surface area contributed by atoms with Gasteiger partial charge in [-0.05, 0) is 24.8 Å². The highest BCUT2D eigenvalue weighted by atomic mass is 16.5. The molecule has 0 heterocycles. The zero-order valence-electron chi connectivity index (χ0n) is 10.4. The van der Waals surface area contributed by atoms with Crippen molar-refractivity contribution in [3.63, 3.8) is 0 Å². The van der Waals surface area contributed by atoms with E-state index in [1.54, 1.807) is 7.11 Å². The molecule has 0 unspecified atom stereocenters. The van der Waals surface area contributed by atoms with Gasteiger partial charge in [-0.1, -0.05) is 30.3 Å². The van der Waals surface area contributed by atoms with Crippen molar-refractivity contribution in [3.8, 4) is 0 Å². The molecule has 0 bridgehead atoms. The lowest BCUT2D eigenvalue weighted by Crippen LogP contribution is -2.25. The molecule has 17 heavy (non-hydrogen) atoms. The number of hydrogen-bond donors (Lipinski definition) is 1. The molecule has 0 fully saturated rings. The predicted molar refractivity (Wildman–Crippen MR) is 68.9 cm³/mol. The van der Waals surface area contributed by atoms with E-state index in [0.717, 1.165) is 25.8 Å². The van der Waals surface area contributed by atoms with Crippen LogP contribution in [0, 0.1) is 0 Å². The molecule has 0 saturated heterocycles. The number of methoxy groups -OCH3 is 1. The lowest BCUT2D eigenvalue weighted by atomic mass is 10.1. The number of unbranched alkanes of at least 4 members (excludes halogenated alkanes) is 1. The Bertz CT molecular complexity index is 311. The van der Waals surface area contributed by atoms with Crippen LogP contribution < -0.4 is 5.32 Å². The van der Waals surface area contributed by atoms with Crippen LogP contribution in [0.5, 0.6) is 0 Å². The zero-order valence-corrected chi connectivity index (χ0v) is 10.4. The lowest BCUT2D eigenvalue weighted by Gasteiger charge is -2.05. The third-order valence-electron chi connectivity index (χ3n) is 2.59. The van der Waals surface area contributed by atoms with E-state index in [9.17, 15) is 4.79 Å². The summed E-state index contributed by atoms with van der Waals surface area (Å²) in [5, 5.41) is 2.88. The van der Waals surface area contributed by atoms with Gasteiger partial charge in [0.05, 0.1) is 6.61 Å². The van der Waals surface area contributed by atoms with Gasteiger partial charge in [-0.25, -0.2) is 0 Å². The number of carbonyl (C=O) groups excluding carboxylic acids is 1. The standard InChI is InChI=1S/C14H21NO2/c1-17-12-10-14(16)15-11-6-5-9-13-7-3-2-4-8-13/h2-4,7-8H,5-6,9-12H2,1H3,(H,15,16). The summed E-state index contributed by atoms with van der Waals surface area (Å²) >= 11 is 0. The average molecular weight is 235 g/mol. The van der Waals surface area contributed by atoms with Crippen LogP contribution in [0.2, 0.25) is 0 Å². The fourth-order valence-electron chi connectivity index (χ4n) is 1.61. The molecule has 1 rings (SSSR count). The number of benzene rings is 1. The van der Waals surface area contributed by atoms with E-state index in [4.69, 9.17) is 4.74 Å². The van der Waals surface area contributed by atoms with Crippen molar-refractivity contribution in [2.24, 2.45) is 0 Å². The van der Waals surface area contributed by atoms with Crippen LogP contribution in [0.15, 0.2) is 30.3 Å². The van der Waals surface area contributed by atoms with E-state index in [0.29, 0.717) is 13.0 Å². The zero-order chi connectivity index (χ0) is 12.3. The molecule has 1 amide bonds.